The first-order valence-electron chi connectivity index (χ1n) is 16.2. The Kier molecular flexibility index (Phi) is 11.6. The normalized spacial score (nSPS) is 12.6. The lowest BCUT2D eigenvalue weighted by Crippen LogP contribution is -2.50. The number of aliphatic carboxylic acids is 1. The average Bonchev–Trinajstić information content (AvgIpc) is 2.98. The molecule has 0 unspecified atom stereocenters. The van der Waals surface area contributed by atoms with E-state index in [1.165, 1.54) is 37.9 Å². The highest BCUT2D eigenvalue weighted by Gasteiger charge is 2.36. The molecule has 236 valence electrons. The van der Waals surface area contributed by atoms with E-state index in [0.717, 1.165) is 49.8 Å². The molecule has 0 heterocycles. The summed E-state index contributed by atoms with van der Waals surface area (Å²) in [6, 6.07) is 18.8. The Morgan fingerprint density at radius 3 is 2.00 bits per heavy atom. The number of benzene rings is 4. The zero-order valence-electron chi connectivity index (χ0n) is 26.6. The molecule has 44 heavy (non-hydrogen) atoms. The van der Waals surface area contributed by atoms with Crippen molar-refractivity contribution < 1.29 is 24.2 Å². The molecule has 7 heteroatoms. The van der Waals surface area contributed by atoms with Crippen LogP contribution in [0.1, 0.15) is 97.0 Å². The van der Waals surface area contributed by atoms with Crippen molar-refractivity contribution >= 4 is 50.3 Å². The highest BCUT2D eigenvalue weighted by atomic mass is 16.6. The summed E-state index contributed by atoms with van der Waals surface area (Å²) < 4.78 is 5.40. The Morgan fingerprint density at radius 1 is 0.773 bits per heavy atom. The van der Waals surface area contributed by atoms with Gasteiger partial charge < -0.3 is 15.6 Å². The van der Waals surface area contributed by atoms with Crippen molar-refractivity contribution in [2.24, 2.45) is 5.73 Å². The van der Waals surface area contributed by atoms with Gasteiger partial charge in [0.1, 0.15) is 11.6 Å². The lowest BCUT2D eigenvalue weighted by Gasteiger charge is -2.30. The highest BCUT2D eigenvalue weighted by Crippen LogP contribution is 2.36. The number of rotatable bonds is 16. The van der Waals surface area contributed by atoms with Crippen LogP contribution in [0.3, 0.4) is 0 Å². The number of carboxylic acids is 1. The van der Waals surface area contributed by atoms with Gasteiger partial charge in [-0.05, 0) is 104 Å². The second-order valence-corrected chi connectivity index (χ2v) is 12.9. The Hall–Kier alpha value is -3.71. The van der Waals surface area contributed by atoms with E-state index < -0.39 is 29.6 Å². The van der Waals surface area contributed by atoms with Crippen LogP contribution in [-0.4, -0.2) is 46.2 Å². The first-order chi connectivity index (χ1) is 21.1. The molecule has 0 aromatic heterocycles. The van der Waals surface area contributed by atoms with Gasteiger partial charge >= 0.3 is 12.1 Å². The Bertz CT molecular complexity index is 1540. The molecule has 0 aliphatic rings. The van der Waals surface area contributed by atoms with E-state index in [-0.39, 0.29) is 12.8 Å². The van der Waals surface area contributed by atoms with Gasteiger partial charge in [0.15, 0.2) is 0 Å². The van der Waals surface area contributed by atoms with Crippen LogP contribution >= 0.6 is 0 Å². The van der Waals surface area contributed by atoms with E-state index in [1.54, 1.807) is 20.8 Å². The van der Waals surface area contributed by atoms with E-state index in [2.05, 4.69) is 54.6 Å². The molecule has 4 aromatic rings. The predicted molar refractivity (Wildman–Crippen MR) is 178 cm³/mol. The maximum absolute atomic E-state index is 13.1. The zero-order valence-corrected chi connectivity index (χ0v) is 26.6. The summed E-state index contributed by atoms with van der Waals surface area (Å²) in [5, 5.41) is 17.8. The van der Waals surface area contributed by atoms with E-state index in [9.17, 15) is 19.5 Å². The van der Waals surface area contributed by atoms with Gasteiger partial charge in [0.25, 0.3) is 0 Å². The summed E-state index contributed by atoms with van der Waals surface area (Å²) in [6.07, 6.45) is 8.53. The lowest BCUT2D eigenvalue weighted by atomic mass is 9.90. The van der Waals surface area contributed by atoms with E-state index in [4.69, 9.17) is 10.5 Å². The van der Waals surface area contributed by atoms with Crippen LogP contribution in [0.5, 0.6) is 0 Å². The van der Waals surface area contributed by atoms with Gasteiger partial charge in [-0.25, -0.2) is 14.5 Å². The van der Waals surface area contributed by atoms with Gasteiger partial charge in [0.05, 0.1) is 0 Å². The number of imide groups is 1. The van der Waals surface area contributed by atoms with Gasteiger partial charge in [-0.2, -0.15) is 0 Å². The molecule has 4 aromatic carbocycles. The first-order valence-corrected chi connectivity index (χ1v) is 16.2. The van der Waals surface area contributed by atoms with Crippen LogP contribution in [0.2, 0.25) is 0 Å². The minimum atomic E-state index is -1.25. The van der Waals surface area contributed by atoms with E-state index in [0.29, 0.717) is 25.8 Å². The number of carboxylic acid groups (broad SMARTS) is 1. The molecule has 0 aliphatic heterocycles. The second-order valence-electron chi connectivity index (χ2n) is 12.9. The molecule has 1 atom stereocenters. The number of amides is 2. The molecule has 4 rings (SSSR count). The number of hydrogen-bond donors (Lipinski definition) is 2. The zero-order chi connectivity index (χ0) is 31.7. The van der Waals surface area contributed by atoms with Crippen molar-refractivity contribution in [1.82, 2.24) is 4.90 Å². The molecule has 3 N–H and O–H groups in total. The fourth-order valence-corrected chi connectivity index (χ4v) is 6.17. The molecular formula is C37H48N2O5. The van der Waals surface area contributed by atoms with E-state index in [1.807, 2.05) is 0 Å². The van der Waals surface area contributed by atoms with Gasteiger partial charge in [-0.1, -0.05) is 86.7 Å². The van der Waals surface area contributed by atoms with Crippen LogP contribution in [-0.2, 0) is 20.7 Å². The predicted octanol–water partition coefficient (Wildman–Crippen LogP) is 8.59. The van der Waals surface area contributed by atoms with Crippen molar-refractivity contribution in [2.45, 2.75) is 109 Å². The molecule has 0 radical (unpaired) electrons. The van der Waals surface area contributed by atoms with Gasteiger partial charge in [-0.3, -0.25) is 4.79 Å². The lowest BCUT2D eigenvalue weighted by molar-refractivity contribution is -0.150. The standard InChI is InChI=1S/C37H48N2O5/c1-37(2,3)44-36(43)39(31(35(41)42)17-11-12-25-38)32(40)18-10-8-6-4-5-7-9-14-26-19-20-29-22-21-27-15-13-16-28-23-24-30(26)34(29)33(27)28/h13,15-16,19-24,31H,4-12,14,17-18,25,38H2,1-3H3,(H,41,42)/t31-/m0/s1. The summed E-state index contributed by atoms with van der Waals surface area (Å²) in [7, 11) is 0. The highest BCUT2D eigenvalue weighted by molar-refractivity contribution is 6.23. The molecule has 0 saturated carbocycles. The summed E-state index contributed by atoms with van der Waals surface area (Å²) in [5.41, 5.74) is 6.13. The smallest absolute Gasteiger partial charge is 0.417 e. The number of nitrogens with two attached hydrogens (primary N) is 1. The Labute approximate surface area is 261 Å². The summed E-state index contributed by atoms with van der Waals surface area (Å²) in [4.78, 5) is 38.8. The number of hydrogen-bond acceptors (Lipinski definition) is 5. The Balaban J connectivity index is 1.22. The third-order valence-corrected chi connectivity index (χ3v) is 8.34. The van der Waals surface area contributed by atoms with Gasteiger partial charge in [0.2, 0.25) is 5.91 Å². The average molecular weight is 601 g/mol. The maximum Gasteiger partial charge on any atom is 0.417 e. The third kappa shape index (κ3) is 8.47. The fourth-order valence-electron chi connectivity index (χ4n) is 6.17. The number of aryl methyl sites for hydroxylation is 1. The van der Waals surface area contributed by atoms with Gasteiger partial charge in [0, 0.05) is 6.42 Å². The molecule has 0 bridgehead atoms. The summed E-state index contributed by atoms with van der Waals surface area (Å²) >= 11 is 0. The van der Waals surface area contributed by atoms with Crippen molar-refractivity contribution in [3.8, 4) is 0 Å². The number of nitrogens with zero attached hydrogens (tertiary/aromatic N) is 1. The third-order valence-electron chi connectivity index (χ3n) is 8.34. The second kappa shape index (κ2) is 15.3. The molecule has 2 amide bonds. The minimum absolute atomic E-state index is 0.120. The van der Waals surface area contributed by atoms with Crippen molar-refractivity contribution in [1.29, 1.82) is 0 Å². The summed E-state index contributed by atoms with van der Waals surface area (Å²) in [5.74, 6) is -1.70. The molecular weight excluding hydrogens is 552 g/mol. The topological polar surface area (TPSA) is 110 Å². The van der Waals surface area contributed by atoms with E-state index >= 15 is 0 Å². The molecule has 0 fully saturated rings. The number of unbranched alkanes of at least 4 members (excludes halogenated alkanes) is 7. The van der Waals surface area contributed by atoms with Crippen molar-refractivity contribution in [3.63, 3.8) is 0 Å². The number of carbonyl (C=O) groups is 3. The summed E-state index contributed by atoms with van der Waals surface area (Å²) in [6.45, 7) is 5.52. The first kappa shape index (κ1) is 33.2. The van der Waals surface area contributed by atoms with Gasteiger partial charge in [-0.15, -0.1) is 0 Å². The molecule has 0 aliphatic carbocycles. The fraction of sp³-hybridized carbons (Fsp3) is 0.486. The quantitative estimate of drug-likeness (QED) is 0.0984. The number of ether oxygens (including phenoxy) is 1. The molecule has 0 saturated heterocycles. The minimum Gasteiger partial charge on any atom is -0.480 e. The van der Waals surface area contributed by atoms with Crippen molar-refractivity contribution in [3.05, 3.63) is 60.2 Å². The number of carbonyl (C=O) groups excluding carboxylic acids is 2. The van der Waals surface area contributed by atoms with Crippen LogP contribution in [0.4, 0.5) is 4.79 Å². The van der Waals surface area contributed by atoms with Crippen LogP contribution in [0, 0.1) is 0 Å². The SMILES string of the molecule is CC(C)(C)OC(=O)N(C(=O)CCCCCCCCCc1ccc2ccc3cccc4ccc1c2c34)[C@@H](CCCCN)C(=O)O. The maximum atomic E-state index is 13.1. The molecule has 0 spiro atoms. The van der Waals surface area contributed by atoms with Crippen LogP contribution < -0.4 is 5.73 Å². The largest absolute Gasteiger partial charge is 0.480 e. The monoisotopic (exact) mass is 600 g/mol. The van der Waals surface area contributed by atoms with Crippen LogP contribution in [0.25, 0.3) is 32.3 Å². The van der Waals surface area contributed by atoms with Crippen molar-refractivity contribution in [2.75, 3.05) is 6.54 Å². The molecule has 7 nitrogen and oxygen atoms in total. The Morgan fingerprint density at radius 2 is 1.36 bits per heavy atom. The van der Waals surface area contributed by atoms with Crippen LogP contribution in [0.15, 0.2) is 54.6 Å².